The van der Waals surface area contributed by atoms with Crippen LogP contribution in [0.25, 0.3) is 115 Å². The summed E-state index contributed by atoms with van der Waals surface area (Å²) in [7, 11) is 0. The average Bonchev–Trinajstić information content (AvgIpc) is 1.76. The second-order valence-electron chi connectivity index (χ2n) is 36.9. The molecule has 0 spiro atoms. The Morgan fingerprint density at radius 3 is 1.03 bits per heavy atom. The Bertz CT molecular complexity index is 8080. The van der Waals surface area contributed by atoms with Gasteiger partial charge >= 0.3 is 0 Å². The lowest BCUT2D eigenvalue weighted by atomic mass is 9.99. The Morgan fingerprint density at radius 2 is 0.730 bits per heavy atom. The number of Topliss-reactive ketones (excluding diaryl/α,β-unsaturated/α-hetero) is 1. The van der Waals surface area contributed by atoms with E-state index in [4.69, 9.17) is 50.2 Å². The molecule has 37 heteroatoms. The topological polar surface area (TPSA) is 614 Å². The van der Waals surface area contributed by atoms with Gasteiger partial charge in [0.15, 0.2) is 5.78 Å². The molecule has 1 aliphatic heterocycles. The Morgan fingerprint density at radius 1 is 0.419 bits per heavy atom. The van der Waals surface area contributed by atoms with Crippen molar-refractivity contribution in [3.8, 4) is 63.2 Å². The number of nitriles is 3. The predicted octanol–water partition coefficient (Wildman–Crippen LogP) is 16.9. The second kappa shape index (κ2) is 44.2. The number of aryl methyl sites for hydroxylation is 4. The number of amides is 7. The zero-order valence-corrected chi connectivity index (χ0v) is 82.0. The van der Waals surface area contributed by atoms with Crippen LogP contribution in [0.4, 0.5) is 75.6 Å². The van der Waals surface area contributed by atoms with Crippen molar-refractivity contribution in [1.29, 1.82) is 15.8 Å². The second-order valence-corrected chi connectivity index (χ2v) is 36.9. The van der Waals surface area contributed by atoms with E-state index in [0.717, 1.165) is 137 Å². The molecule has 7 amide bonds. The van der Waals surface area contributed by atoms with Gasteiger partial charge in [0.1, 0.15) is 93.1 Å². The average molecular weight is 1970 g/mol. The number of carbonyl (C=O) groups is 8. The summed E-state index contributed by atoms with van der Waals surface area (Å²) in [6, 6.07) is 59.5. The highest BCUT2D eigenvalue weighted by atomic mass is 16.3. The van der Waals surface area contributed by atoms with E-state index in [1.165, 1.54) is 27.7 Å². The lowest BCUT2D eigenvalue weighted by Gasteiger charge is -2.16. The Kier molecular flexibility index (Phi) is 30.4. The number of nitrogens with zero attached hydrogens (tertiary/aromatic N) is 16. The van der Waals surface area contributed by atoms with Gasteiger partial charge in [0, 0.05) is 129 Å². The van der Waals surface area contributed by atoms with Gasteiger partial charge < -0.3 is 71.4 Å². The molecule has 4 aliphatic carbocycles. The third-order valence-corrected chi connectivity index (χ3v) is 25.2. The first-order valence-electron chi connectivity index (χ1n) is 47.6. The first-order chi connectivity index (χ1) is 71.0. The summed E-state index contributed by atoms with van der Waals surface area (Å²) in [6.45, 7) is 14.6. The molecule has 37 nitrogen and oxygen atoms in total. The number of hydrogen-bond acceptors (Lipinski definition) is 30. The maximum atomic E-state index is 12.1. The fourth-order valence-corrected chi connectivity index (χ4v) is 16.2. The number of fused-ring (bicyclic) bond motifs is 6. The third-order valence-electron chi connectivity index (χ3n) is 25.2. The van der Waals surface area contributed by atoms with E-state index < -0.39 is 35.2 Å². The molecule has 3 saturated carbocycles. The van der Waals surface area contributed by atoms with Crippen LogP contribution in [0.2, 0.25) is 0 Å². The van der Waals surface area contributed by atoms with Crippen LogP contribution in [0.1, 0.15) is 107 Å². The lowest BCUT2D eigenvalue weighted by molar-refractivity contribution is -0.130. The standard InChI is InChI=1S/C20H17N5O.2C19H17N5O.C19H20N4O2.C18H16N4O2.C16H17N5O2/c1-11-4-2-3-5-14(11)17-7-12-8-18(23-10-16(12)19(22)24-17)25-20(26)15-6-13(15)9-21;2*1-11-5-3-4-6-14(11)16-7-13-8-17(24-19(25)12(2)9-20)22-10-15(13)18(21)23-16;1-11-6-4-5-7-13(11)15-8-12-9-16(23-18(24)19(2,3)25)21-10-14(12)17(20)22-15;19-17-13-9-20-16(22-18(24)10-5-6-10)8-11(13)7-14(21-17)12-3-1-2-4-15(12)23;17-15-11-8-18-12(19-16(23)9-3-4-9)6-10(11)7-13(20-15)21-5-1-2-14(21)22/h2-5,7-8,10,13,15H,6H2,1H3,(H2,22,24)(H,23,25,26);2*3-8,10,12H,1-2H3,(H2,21,23)(H,22,24,25);4-10,25H,1-3H3,(H2,20,22)(H,21,23,24);1-3,7-10H,4-6H2,(H2,19,21)(H,20,22,24);6-9H,1-5H2,(H2,17,20)(H,18,19,23)/t13-,15+;2*12-;;;/m010.../s1. The molecule has 4 atom stereocenters. The van der Waals surface area contributed by atoms with E-state index in [2.05, 4.69) is 97.8 Å². The van der Waals surface area contributed by atoms with Gasteiger partial charge in [-0.1, -0.05) is 109 Å². The summed E-state index contributed by atoms with van der Waals surface area (Å²) >= 11 is 0. The van der Waals surface area contributed by atoms with Crippen molar-refractivity contribution in [3.05, 3.63) is 253 Å². The van der Waals surface area contributed by atoms with E-state index in [1.807, 2.05) is 185 Å². The molecule has 0 bridgehead atoms. The summed E-state index contributed by atoms with van der Waals surface area (Å²) in [5.41, 5.74) is 47.5. The predicted molar refractivity (Wildman–Crippen MR) is 573 cm³/mol. The molecule has 0 radical (unpaired) electrons. The van der Waals surface area contributed by atoms with Crippen LogP contribution >= 0.6 is 0 Å². The van der Waals surface area contributed by atoms with E-state index in [9.17, 15) is 43.5 Å². The van der Waals surface area contributed by atoms with Crippen LogP contribution in [0, 0.1) is 97.2 Å². The maximum absolute atomic E-state index is 12.1. The largest absolute Gasteiger partial charge is 0.383 e. The van der Waals surface area contributed by atoms with Crippen molar-refractivity contribution in [2.45, 2.75) is 112 Å². The first kappa shape index (κ1) is 102. The van der Waals surface area contributed by atoms with Crippen molar-refractivity contribution in [2.75, 3.05) is 77.7 Å². The molecule has 19 N–H and O–H groups in total. The normalized spacial score (nSPS) is 14.6. The Hall–Kier alpha value is -19.1. The summed E-state index contributed by atoms with van der Waals surface area (Å²) in [5.74, 6) is 2.22. The number of rotatable bonds is 18. The lowest BCUT2D eigenvalue weighted by Crippen LogP contribution is -2.36. The van der Waals surface area contributed by atoms with Crippen LogP contribution in [-0.2, 0) is 38.4 Å². The molecule has 21 rings (SSSR count). The highest BCUT2D eigenvalue weighted by Crippen LogP contribution is 2.41. The molecule has 5 aliphatic rings. The highest BCUT2D eigenvalue weighted by molar-refractivity contribution is 6.22. The molecular formula is C111H104N28O9. The van der Waals surface area contributed by atoms with Gasteiger partial charge in [0.2, 0.25) is 35.4 Å². The van der Waals surface area contributed by atoms with Crippen molar-refractivity contribution >= 4 is 193 Å². The van der Waals surface area contributed by atoms with Gasteiger partial charge in [0.25, 0.3) is 5.91 Å². The minimum absolute atomic E-state index is 0.000551. The van der Waals surface area contributed by atoms with Crippen LogP contribution in [0.3, 0.4) is 0 Å². The molecule has 4 fully saturated rings. The summed E-state index contributed by atoms with van der Waals surface area (Å²) in [5, 5.41) is 61.8. The van der Waals surface area contributed by atoms with Crippen molar-refractivity contribution < 1.29 is 43.5 Å². The molecule has 0 unspecified atom stereocenters. The molecule has 1 saturated heterocycles. The molecule has 742 valence electrons. The monoisotopic (exact) mass is 1970 g/mol. The van der Waals surface area contributed by atoms with Crippen molar-refractivity contribution in [1.82, 2.24) is 59.8 Å². The molecular weight excluding hydrogens is 1870 g/mol. The number of hydrogen-bond donors (Lipinski definition) is 13. The van der Waals surface area contributed by atoms with Crippen LogP contribution in [0.15, 0.2) is 225 Å². The molecule has 4 aromatic carbocycles. The molecule has 13 heterocycles. The minimum atomic E-state index is -1.49. The fourth-order valence-electron chi connectivity index (χ4n) is 16.2. The van der Waals surface area contributed by atoms with Crippen molar-refractivity contribution in [2.24, 2.45) is 35.5 Å². The van der Waals surface area contributed by atoms with E-state index in [0.29, 0.717) is 140 Å². The van der Waals surface area contributed by atoms with Crippen LogP contribution in [-0.4, -0.2) is 124 Å². The van der Waals surface area contributed by atoms with Crippen molar-refractivity contribution in [3.63, 3.8) is 0 Å². The highest BCUT2D eigenvalue weighted by Gasteiger charge is 2.44. The number of anilines is 13. The smallest absolute Gasteiger partial charge is 0.256 e. The van der Waals surface area contributed by atoms with E-state index >= 15 is 0 Å². The maximum Gasteiger partial charge on any atom is 0.256 e. The number of carbonyl (C=O) groups excluding carboxylic acids is 8. The number of aromatic nitrogens is 12. The van der Waals surface area contributed by atoms with Gasteiger partial charge in [-0.3, -0.25) is 43.3 Å². The SMILES string of the molecule is Cc1ccccc1-c1cc2cc(NC(=O)C(C)(C)O)ncc2c(N)n1.Cc1ccccc1-c1cc2cc(NC(=O)[C@@H](C)C#N)ncc2c(N)n1.Cc1ccccc1-c1cc2cc(NC(=O)[C@@H]3C[C@H]3C#N)ncc2c(N)n1.Cc1ccccc1-c1cc2cc(NC(=O)[C@H](C)C#N)ncc2c(N)n1.Nc1nc(C2=CC=CCC2=O)cc2cc(NC(=O)C3CC3)ncc12.Nc1nc(N2CCCC2=O)cc2cc(NC(=O)C3CC3)ncc12. The number of nitrogen functional groups attached to an aromatic ring is 6. The van der Waals surface area contributed by atoms with Gasteiger partial charge in [0.05, 0.1) is 58.5 Å². The van der Waals surface area contributed by atoms with Gasteiger partial charge in [-0.25, -0.2) is 59.8 Å². The van der Waals surface area contributed by atoms with Gasteiger partial charge in [-0.15, -0.1) is 0 Å². The molecule has 12 aromatic heterocycles. The number of allylic oxidation sites excluding steroid dienone is 4. The molecule has 148 heavy (non-hydrogen) atoms. The Balaban J connectivity index is 0.000000127. The summed E-state index contributed by atoms with van der Waals surface area (Å²) in [6.07, 6.45) is 21.0. The number of ketones is 1. The number of benzene rings is 4. The zero-order chi connectivity index (χ0) is 105. The van der Waals surface area contributed by atoms with Crippen LogP contribution in [0.5, 0.6) is 0 Å². The fraction of sp³-hybridized carbons (Fsp3) is 0.216. The number of pyridine rings is 12. The number of nitrogens with one attached hydrogen (secondary N) is 6. The summed E-state index contributed by atoms with van der Waals surface area (Å²) in [4.78, 5) is 149. The van der Waals surface area contributed by atoms with Gasteiger partial charge in [-0.2, -0.15) is 15.8 Å². The number of nitrogens with two attached hydrogens (primary N) is 6. The van der Waals surface area contributed by atoms with Crippen LogP contribution < -0.4 is 71.2 Å². The first-order valence-corrected chi connectivity index (χ1v) is 47.6. The quantitative estimate of drug-likeness (QED) is 0.0379. The Labute approximate surface area is 849 Å². The molecule has 16 aromatic rings. The van der Waals surface area contributed by atoms with E-state index in [-0.39, 0.29) is 53.1 Å². The minimum Gasteiger partial charge on any atom is -0.383 e. The number of aliphatic hydroxyl groups is 1. The third kappa shape index (κ3) is 24.3. The summed E-state index contributed by atoms with van der Waals surface area (Å²) < 4.78 is 0. The van der Waals surface area contributed by atoms with Gasteiger partial charge in [-0.05, 0) is 227 Å². The van der Waals surface area contributed by atoms with E-state index in [1.54, 1.807) is 84.6 Å². The zero-order valence-electron chi connectivity index (χ0n) is 82.0.